The molecule has 0 radical (unpaired) electrons. The molecule has 1 aliphatic rings. The van der Waals surface area contributed by atoms with Gasteiger partial charge >= 0.3 is 0 Å². The fourth-order valence-corrected chi connectivity index (χ4v) is 2.88. The first-order valence-electron chi connectivity index (χ1n) is 8.01. The van der Waals surface area contributed by atoms with E-state index in [0.717, 1.165) is 37.6 Å². The number of anilines is 1. The second-order valence-corrected chi connectivity index (χ2v) is 5.66. The highest BCUT2D eigenvalue weighted by Crippen LogP contribution is 2.28. The maximum atomic E-state index is 5.46. The van der Waals surface area contributed by atoms with Gasteiger partial charge in [-0.1, -0.05) is 42.5 Å². The number of ether oxygens (including phenoxy) is 1. The van der Waals surface area contributed by atoms with Gasteiger partial charge in [-0.15, -0.1) is 0 Å². The number of methoxy groups -OCH3 is 1. The lowest BCUT2D eigenvalue weighted by Gasteiger charge is -2.35. The molecule has 0 bridgehead atoms. The van der Waals surface area contributed by atoms with Crippen molar-refractivity contribution in [3.63, 3.8) is 0 Å². The maximum Gasteiger partial charge on any atom is 0.142 e. The van der Waals surface area contributed by atoms with Gasteiger partial charge in [0.05, 0.1) is 31.6 Å². The van der Waals surface area contributed by atoms with E-state index in [1.54, 1.807) is 7.11 Å². The molecule has 1 saturated heterocycles. The predicted molar refractivity (Wildman–Crippen MR) is 95.4 cm³/mol. The number of hydrogen-bond acceptors (Lipinski definition) is 4. The molecule has 4 nitrogen and oxygen atoms in total. The quantitative estimate of drug-likeness (QED) is 0.812. The number of hydrazone groups is 1. The van der Waals surface area contributed by atoms with Crippen LogP contribution in [0.15, 0.2) is 59.7 Å². The fraction of sp³-hybridized carbons (Fsp3) is 0.316. The van der Waals surface area contributed by atoms with Crippen molar-refractivity contribution in [1.29, 1.82) is 0 Å². The molecule has 120 valence electrons. The minimum atomic E-state index is 0.919. The molecule has 1 aliphatic heterocycles. The molecule has 0 aromatic heterocycles. The highest BCUT2D eigenvalue weighted by atomic mass is 16.5. The van der Waals surface area contributed by atoms with Crippen LogP contribution in [-0.4, -0.2) is 44.0 Å². The van der Waals surface area contributed by atoms with E-state index in [1.807, 2.05) is 30.3 Å². The first-order valence-corrected chi connectivity index (χ1v) is 8.01. The van der Waals surface area contributed by atoms with E-state index in [4.69, 9.17) is 9.84 Å². The van der Waals surface area contributed by atoms with Gasteiger partial charge in [0.15, 0.2) is 0 Å². The van der Waals surface area contributed by atoms with E-state index < -0.39 is 0 Å². The van der Waals surface area contributed by atoms with Crippen molar-refractivity contribution in [1.82, 2.24) is 5.01 Å². The van der Waals surface area contributed by atoms with Crippen LogP contribution in [0.1, 0.15) is 12.5 Å². The third kappa shape index (κ3) is 3.65. The minimum Gasteiger partial charge on any atom is -0.495 e. The van der Waals surface area contributed by atoms with E-state index >= 15 is 0 Å². The Kier molecular flexibility index (Phi) is 4.81. The number of hydrogen-bond donors (Lipinski definition) is 0. The highest BCUT2D eigenvalue weighted by Gasteiger charge is 2.18. The third-order valence-corrected chi connectivity index (χ3v) is 4.16. The first kappa shape index (κ1) is 15.4. The number of benzene rings is 2. The lowest BCUT2D eigenvalue weighted by molar-refractivity contribution is 0.269. The Hall–Kier alpha value is -2.49. The Morgan fingerprint density at radius 1 is 0.913 bits per heavy atom. The molecule has 0 saturated carbocycles. The van der Waals surface area contributed by atoms with Crippen LogP contribution in [0.3, 0.4) is 0 Å². The Morgan fingerprint density at radius 2 is 1.57 bits per heavy atom. The zero-order valence-electron chi connectivity index (χ0n) is 13.8. The van der Waals surface area contributed by atoms with Gasteiger partial charge in [0.2, 0.25) is 0 Å². The molecular weight excluding hydrogens is 286 g/mol. The zero-order valence-corrected chi connectivity index (χ0v) is 13.8. The summed E-state index contributed by atoms with van der Waals surface area (Å²) in [6.07, 6.45) is 0. The average molecular weight is 309 g/mol. The van der Waals surface area contributed by atoms with Crippen LogP contribution in [0.25, 0.3) is 0 Å². The number of para-hydroxylation sites is 2. The Bertz CT molecular complexity index is 661. The minimum absolute atomic E-state index is 0.919. The summed E-state index contributed by atoms with van der Waals surface area (Å²) in [7, 11) is 1.72. The molecule has 1 heterocycles. The maximum absolute atomic E-state index is 5.46. The molecule has 0 atom stereocenters. The van der Waals surface area contributed by atoms with Crippen molar-refractivity contribution in [3.05, 3.63) is 60.2 Å². The standard InChI is InChI=1S/C19H23N3O/c1-16(17-8-4-3-5-9-17)20-22-14-12-21(13-15-22)18-10-6-7-11-19(18)23-2/h3-11H,12-15H2,1-2H3. The van der Waals surface area contributed by atoms with Gasteiger partial charge in [0.1, 0.15) is 5.75 Å². The molecule has 4 heteroatoms. The summed E-state index contributed by atoms with van der Waals surface area (Å²) in [6, 6.07) is 18.5. The zero-order chi connectivity index (χ0) is 16.1. The summed E-state index contributed by atoms with van der Waals surface area (Å²) in [6.45, 7) is 5.81. The lowest BCUT2D eigenvalue weighted by atomic mass is 10.1. The summed E-state index contributed by atoms with van der Waals surface area (Å²) in [5.74, 6) is 0.935. The summed E-state index contributed by atoms with van der Waals surface area (Å²) in [4.78, 5) is 2.36. The molecule has 2 aromatic rings. The van der Waals surface area contributed by atoms with E-state index in [0.29, 0.717) is 0 Å². The molecule has 1 fully saturated rings. The average Bonchev–Trinajstić information content (AvgIpc) is 2.63. The molecule has 0 unspecified atom stereocenters. The van der Waals surface area contributed by atoms with Crippen molar-refractivity contribution < 1.29 is 4.74 Å². The molecule has 0 spiro atoms. The molecule has 0 aliphatic carbocycles. The van der Waals surface area contributed by atoms with Gasteiger partial charge in [-0.05, 0) is 24.6 Å². The van der Waals surface area contributed by atoms with Crippen LogP contribution in [0.4, 0.5) is 5.69 Å². The normalized spacial score (nSPS) is 15.7. The second-order valence-electron chi connectivity index (χ2n) is 5.66. The van der Waals surface area contributed by atoms with Crippen LogP contribution in [0, 0.1) is 0 Å². The van der Waals surface area contributed by atoms with Gasteiger partial charge < -0.3 is 9.64 Å². The van der Waals surface area contributed by atoms with E-state index in [9.17, 15) is 0 Å². The van der Waals surface area contributed by atoms with E-state index in [2.05, 4.69) is 41.1 Å². The van der Waals surface area contributed by atoms with Crippen LogP contribution >= 0.6 is 0 Å². The van der Waals surface area contributed by atoms with Gasteiger partial charge in [0, 0.05) is 13.1 Å². The van der Waals surface area contributed by atoms with E-state index in [1.165, 1.54) is 11.3 Å². The van der Waals surface area contributed by atoms with Crippen LogP contribution in [-0.2, 0) is 0 Å². The van der Waals surface area contributed by atoms with Crippen molar-refractivity contribution in [3.8, 4) is 5.75 Å². The van der Waals surface area contributed by atoms with E-state index in [-0.39, 0.29) is 0 Å². The van der Waals surface area contributed by atoms with Crippen molar-refractivity contribution >= 4 is 11.4 Å². The summed E-state index contributed by atoms with van der Waals surface area (Å²) >= 11 is 0. The summed E-state index contributed by atoms with van der Waals surface area (Å²) < 4.78 is 5.46. The van der Waals surface area contributed by atoms with Crippen LogP contribution in [0.5, 0.6) is 5.75 Å². The second kappa shape index (κ2) is 7.18. The third-order valence-electron chi connectivity index (χ3n) is 4.16. The molecule has 0 N–H and O–H groups in total. The molecule has 2 aromatic carbocycles. The molecular formula is C19H23N3O. The van der Waals surface area contributed by atoms with Crippen LogP contribution < -0.4 is 9.64 Å². The number of nitrogens with zero attached hydrogens (tertiary/aromatic N) is 3. The van der Waals surface area contributed by atoms with Gasteiger partial charge in [-0.2, -0.15) is 5.10 Å². The Labute approximate surface area is 138 Å². The molecule has 3 rings (SSSR count). The molecule has 23 heavy (non-hydrogen) atoms. The largest absolute Gasteiger partial charge is 0.495 e. The first-order chi connectivity index (χ1) is 11.3. The van der Waals surface area contributed by atoms with Crippen LogP contribution in [0.2, 0.25) is 0 Å². The van der Waals surface area contributed by atoms with Crippen molar-refractivity contribution in [2.75, 3.05) is 38.2 Å². The summed E-state index contributed by atoms with van der Waals surface area (Å²) in [5, 5.41) is 6.93. The summed E-state index contributed by atoms with van der Waals surface area (Å²) in [5.41, 5.74) is 3.41. The van der Waals surface area contributed by atoms with Gasteiger partial charge in [-0.25, -0.2) is 0 Å². The van der Waals surface area contributed by atoms with Crippen molar-refractivity contribution in [2.45, 2.75) is 6.92 Å². The predicted octanol–water partition coefficient (Wildman–Crippen LogP) is 3.24. The van der Waals surface area contributed by atoms with Gasteiger partial charge in [-0.3, -0.25) is 5.01 Å². The topological polar surface area (TPSA) is 28.1 Å². The van der Waals surface area contributed by atoms with Gasteiger partial charge in [0.25, 0.3) is 0 Å². The molecule has 0 amide bonds. The Balaban J connectivity index is 1.65. The number of rotatable bonds is 4. The SMILES string of the molecule is COc1ccccc1N1CCN(N=C(C)c2ccccc2)CC1. The lowest BCUT2D eigenvalue weighted by Crippen LogP contribution is -2.44. The fourth-order valence-electron chi connectivity index (χ4n) is 2.88. The monoisotopic (exact) mass is 309 g/mol. The Morgan fingerprint density at radius 3 is 2.26 bits per heavy atom. The number of piperazine rings is 1. The smallest absolute Gasteiger partial charge is 0.142 e. The van der Waals surface area contributed by atoms with Crippen molar-refractivity contribution in [2.24, 2.45) is 5.10 Å². The highest BCUT2D eigenvalue weighted by molar-refractivity contribution is 5.98.